The SMILES string of the molecule is O=C(NCCn1ccnc1-c1ccccn1)c1ccc(S(=O)(=O)N2CCOCC2)cc1. The van der Waals surface area contributed by atoms with Crippen molar-refractivity contribution in [2.45, 2.75) is 11.4 Å². The molecule has 0 saturated carbocycles. The number of amides is 1. The van der Waals surface area contributed by atoms with E-state index in [0.29, 0.717) is 45.0 Å². The number of hydrogen-bond acceptors (Lipinski definition) is 6. The summed E-state index contributed by atoms with van der Waals surface area (Å²) >= 11 is 0. The molecule has 10 heteroatoms. The van der Waals surface area contributed by atoms with Crippen LogP contribution < -0.4 is 5.32 Å². The molecule has 1 aliphatic heterocycles. The molecule has 0 unspecified atom stereocenters. The van der Waals surface area contributed by atoms with Crippen molar-refractivity contribution in [3.8, 4) is 11.5 Å². The molecule has 3 heterocycles. The number of carbonyl (C=O) groups is 1. The zero-order chi connectivity index (χ0) is 21.7. The van der Waals surface area contributed by atoms with Crippen LogP contribution in [-0.2, 0) is 21.3 Å². The Balaban J connectivity index is 1.35. The van der Waals surface area contributed by atoms with Crippen LogP contribution >= 0.6 is 0 Å². The zero-order valence-corrected chi connectivity index (χ0v) is 17.7. The van der Waals surface area contributed by atoms with Gasteiger partial charge in [0, 0.05) is 50.3 Å². The minimum absolute atomic E-state index is 0.171. The molecule has 3 aromatic rings. The molecule has 31 heavy (non-hydrogen) atoms. The molecule has 4 rings (SSSR count). The summed E-state index contributed by atoms with van der Waals surface area (Å²) in [5.41, 5.74) is 1.16. The highest BCUT2D eigenvalue weighted by atomic mass is 32.2. The molecule has 2 aromatic heterocycles. The predicted octanol–water partition coefficient (Wildman–Crippen LogP) is 1.40. The van der Waals surface area contributed by atoms with E-state index < -0.39 is 10.0 Å². The molecule has 0 spiro atoms. The van der Waals surface area contributed by atoms with Gasteiger partial charge >= 0.3 is 0 Å². The van der Waals surface area contributed by atoms with Gasteiger partial charge in [0.25, 0.3) is 5.91 Å². The van der Waals surface area contributed by atoms with Crippen molar-refractivity contribution in [1.29, 1.82) is 0 Å². The Bertz CT molecular complexity index is 1120. The van der Waals surface area contributed by atoms with Crippen molar-refractivity contribution in [1.82, 2.24) is 24.2 Å². The lowest BCUT2D eigenvalue weighted by atomic mass is 10.2. The molecule has 1 fully saturated rings. The standard InChI is InChI=1S/C21H23N5O4S/c27-21(24-10-12-25-11-9-23-20(25)19-3-1-2-8-22-19)17-4-6-18(7-5-17)31(28,29)26-13-15-30-16-14-26/h1-9,11H,10,12-16H2,(H,24,27). The average Bonchev–Trinajstić information content (AvgIpc) is 3.29. The number of hydrogen-bond donors (Lipinski definition) is 1. The van der Waals surface area contributed by atoms with Gasteiger partial charge in [-0.05, 0) is 36.4 Å². The van der Waals surface area contributed by atoms with Gasteiger partial charge in [0.1, 0.15) is 5.69 Å². The molecule has 1 saturated heterocycles. The number of aromatic nitrogens is 3. The zero-order valence-electron chi connectivity index (χ0n) is 16.8. The summed E-state index contributed by atoms with van der Waals surface area (Å²) in [6.45, 7) is 2.36. The number of carbonyl (C=O) groups excluding carboxylic acids is 1. The van der Waals surface area contributed by atoms with Gasteiger partial charge < -0.3 is 14.6 Å². The third kappa shape index (κ3) is 4.82. The number of sulfonamides is 1. The van der Waals surface area contributed by atoms with Crippen LogP contribution in [0.4, 0.5) is 0 Å². The third-order valence-electron chi connectivity index (χ3n) is 4.97. The van der Waals surface area contributed by atoms with Crippen LogP contribution in [0.3, 0.4) is 0 Å². The van der Waals surface area contributed by atoms with Gasteiger partial charge in [0.2, 0.25) is 10.0 Å². The molecule has 162 valence electrons. The van der Waals surface area contributed by atoms with E-state index in [1.54, 1.807) is 12.4 Å². The number of pyridine rings is 1. The van der Waals surface area contributed by atoms with E-state index in [2.05, 4.69) is 15.3 Å². The number of imidazole rings is 1. The first-order valence-corrected chi connectivity index (χ1v) is 11.4. The van der Waals surface area contributed by atoms with Gasteiger partial charge in [-0.25, -0.2) is 13.4 Å². The number of benzene rings is 1. The summed E-state index contributed by atoms with van der Waals surface area (Å²) < 4.78 is 33.9. The lowest BCUT2D eigenvalue weighted by Gasteiger charge is -2.26. The maximum absolute atomic E-state index is 12.7. The highest BCUT2D eigenvalue weighted by molar-refractivity contribution is 7.89. The number of ether oxygens (including phenoxy) is 1. The minimum Gasteiger partial charge on any atom is -0.379 e. The summed E-state index contributed by atoms with van der Waals surface area (Å²) in [6, 6.07) is 11.6. The van der Waals surface area contributed by atoms with Crippen molar-refractivity contribution < 1.29 is 17.9 Å². The second kappa shape index (κ2) is 9.38. The van der Waals surface area contributed by atoms with E-state index in [1.807, 2.05) is 29.0 Å². The minimum atomic E-state index is -3.58. The Morgan fingerprint density at radius 1 is 1.03 bits per heavy atom. The maximum atomic E-state index is 12.7. The maximum Gasteiger partial charge on any atom is 0.251 e. The molecule has 0 aliphatic carbocycles. The van der Waals surface area contributed by atoms with Crippen LogP contribution in [0.1, 0.15) is 10.4 Å². The van der Waals surface area contributed by atoms with E-state index in [0.717, 1.165) is 11.5 Å². The molecule has 0 radical (unpaired) electrons. The number of nitrogens with zero attached hydrogens (tertiary/aromatic N) is 4. The molecular formula is C21H23N5O4S. The lowest BCUT2D eigenvalue weighted by Crippen LogP contribution is -2.40. The summed E-state index contributed by atoms with van der Waals surface area (Å²) in [5, 5.41) is 2.85. The van der Waals surface area contributed by atoms with Crippen LogP contribution in [0.2, 0.25) is 0 Å². The van der Waals surface area contributed by atoms with Crippen molar-refractivity contribution in [3.05, 3.63) is 66.6 Å². The fourth-order valence-corrected chi connectivity index (χ4v) is 4.73. The molecular weight excluding hydrogens is 418 g/mol. The van der Waals surface area contributed by atoms with E-state index in [-0.39, 0.29) is 10.8 Å². The van der Waals surface area contributed by atoms with E-state index in [1.165, 1.54) is 28.6 Å². The summed E-state index contributed by atoms with van der Waals surface area (Å²) in [6.07, 6.45) is 5.24. The first-order chi connectivity index (χ1) is 15.1. The Labute approximate surface area is 180 Å². The second-order valence-electron chi connectivity index (χ2n) is 6.96. The summed E-state index contributed by atoms with van der Waals surface area (Å²) in [4.78, 5) is 21.3. The van der Waals surface area contributed by atoms with Crippen LogP contribution in [0.5, 0.6) is 0 Å². The van der Waals surface area contributed by atoms with E-state index in [9.17, 15) is 13.2 Å². The van der Waals surface area contributed by atoms with Crippen molar-refractivity contribution >= 4 is 15.9 Å². The van der Waals surface area contributed by atoms with Gasteiger partial charge in [-0.2, -0.15) is 4.31 Å². The van der Waals surface area contributed by atoms with Gasteiger partial charge in [-0.15, -0.1) is 0 Å². The lowest BCUT2D eigenvalue weighted by molar-refractivity contribution is 0.0730. The van der Waals surface area contributed by atoms with Crippen LogP contribution in [0.15, 0.2) is 66.0 Å². The Morgan fingerprint density at radius 3 is 2.52 bits per heavy atom. The largest absolute Gasteiger partial charge is 0.379 e. The smallest absolute Gasteiger partial charge is 0.251 e. The molecule has 0 atom stereocenters. The van der Waals surface area contributed by atoms with Gasteiger partial charge in [-0.3, -0.25) is 9.78 Å². The van der Waals surface area contributed by atoms with Crippen LogP contribution in [0, 0.1) is 0 Å². The van der Waals surface area contributed by atoms with Crippen LogP contribution in [0.25, 0.3) is 11.5 Å². The first-order valence-electron chi connectivity index (χ1n) is 9.94. The monoisotopic (exact) mass is 441 g/mol. The number of rotatable bonds is 7. The highest BCUT2D eigenvalue weighted by Gasteiger charge is 2.26. The second-order valence-corrected chi connectivity index (χ2v) is 8.89. The van der Waals surface area contributed by atoms with E-state index in [4.69, 9.17) is 4.74 Å². The Kier molecular flexibility index (Phi) is 6.40. The van der Waals surface area contributed by atoms with Gasteiger partial charge in [-0.1, -0.05) is 6.07 Å². The fourth-order valence-electron chi connectivity index (χ4n) is 3.32. The number of morpholine rings is 1. The van der Waals surface area contributed by atoms with Gasteiger partial charge in [0.05, 0.1) is 18.1 Å². The van der Waals surface area contributed by atoms with Crippen molar-refractivity contribution in [2.24, 2.45) is 0 Å². The number of nitrogens with one attached hydrogen (secondary N) is 1. The average molecular weight is 442 g/mol. The van der Waals surface area contributed by atoms with Crippen molar-refractivity contribution in [3.63, 3.8) is 0 Å². The fraction of sp³-hybridized carbons (Fsp3) is 0.286. The summed E-state index contributed by atoms with van der Waals surface area (Å²) in [5.74, 6) is 0.461. The van der Waals surface area contributed by atoms with Gasteiger partial charge in [0.15, 0.2) is 5.82 Å². The van der Waals surface area contributed by atoms with E-state index >= 15 is 0 Å². The third-order valence-corrected chi connectivity index (χ3v) is 6.88. The Morgan fingerprint density at radius 2 is 1.81 bits per heavy atom. The molecule has 0 bridgehead atoms. The molecule has 1 aromatic carbocycles. The first kappa shape index (κ1) is 21.2. The highest BCUT2D eigenvalue weighted by Crippen LogP contribution is 2.18. The van der Waals surface area contributed by atoms with Crippen molar-refractivity contribution in [2.75, 3.05) is 32.8 Å². The quantitative estimate of drug-likeness (QED) is 0.594. The Hall–Kier alpha value is -3.08. The normalized spacial score (nSPS) is 15.0. The molecule has 9 nitrogen and oxygen atoms in total. The van der Waals surface area contributed by atoms with Crippen LogP contribution in [-0.4, -0.2) is 66.0 Å². The summed E-state index contributed by atoms with van der Waals surface area (Å²) in [7, 11) is -3.58. The molecule has 1 amide bonds. The molecule has 1 aliphatic rings. The predicted molar refractivity (Wildman–Crippen MR) is 114 cm³/mol. The topological polar surface area (TPSA) is 106 Å². The molecule has 1 N–H and O–H groups in total.